The highest BCUT2D eigenvalue weighted by Gasteiger charge is 2.60. The lowest BCUT2D eigenvalue weighted by Gasteiger charge is -2.43. The molecule has 0 spiro atoms. The van der Waals surface area contributed by atoms with Crippen LogP contribution < -0.4 is 0 Å². The van der Waals surface area contributed by atoms with Crippen LogP contribution in [0.25, 0.3) is 0 Å². The minimum atomic E-state index is 0.371. The second kappa shape index (κ2) is 2.98. The Morgan fingerprint density at radius 1 is 1.21 bits per heavy atom. The highest BCUT2D eigenvalue weighted by molar-refractivity contribution is 5.09. The normalized spacial score (nSPS) is 45.0. The van der Waals surface area contributed by atoms with Crippen LogP contribution in [0.4, 0.5) is 0 Å². The molecule has 0 saturated heterocycles. The number of rotatable bonds is 2. The summed E-state index contributed by atoms with van der Waals surface area (Å²) in [5, 5.41) is 0. The van der Waals surface area contributed by atoms with Gasteiger partial charge in [-0.1, -0.05) is 20.8 Å². The monoisotopic (exact) mass is 196 g/mol. The zero-order valence-corrected chi connectivity index (χ0v) is 10.3. The van der Waals surface area contributed by atoms with Crippen LogP contribution in [0.1, 0.15) is 53.9 Å². The molecule has 1 heteroatoms. The van der Waals surface area contributed by atoms with E-state index in [1.54, 1.807) is 0 Å². The molecule has 0 N–H and O–H groups in total. The fraction of sp³-hybridized carbons (Fsp3) is 1.00. The lowest BCUT2D eigenvalue weighted by Crippen LogP contribution is -2.43. The summed E-state index contributed by atoms with van der Waals surface area (Å²) in [7, 11) is 0. The van der Waals surface area contributed by atoms with E-state index in [-0.39, 0.29) is 0 Å². The van der Waals surface area contributed by atoms with Gasteiger partial charge in [-0.25, -0.2) is 0 Å². The van der Waals surface area contributed by atoms with Crippen molar-refractivity contribution in [1.82, 2.24) is 0 Å². The van der Waals surface area contributed by atoms with Crippen LogP contribution in [0.2, 0.25) is 0 Å². The Hall–Kier alpha value is -0.0400. The molecule has 2 saturated carbocycles. The van der Waals surface area contributed by atoms with Gasteiger partial charge in [-0.05, 0) is 49.9 Å². The summed E-state index contributed by atoms with van der Waals surface area (Å²) >= 11 is 0. The Balaban J connectivity index is 2.21. The zero-order chi connectivity index (χ0) is 10.6. The quantitative estimate of drug-likeness (QED) is 0.655. The molecule has 0 heterocycles. The molecule has 2 rings (SSSR count). The van der Waals surface area contributed by atoms with E-state index in [1.165, 1.54) is 19.3 Å². The summed E-state index contributed by atoms with van der Waals surface area (Å²) in [6.45, 7) is 11.5. The molecular weight excluding hydrogens is 172 g/mol. The van der Waals surface area contributed by atoms with Crippen LogP contribution in [0.3, 0.4) is 0 Å². The average Bonchev–Trinajstić information content (AvgIpc) is 2.49. The van der Waals surface area contributed by atoms with Crippen LogP contribution in [0.15, 0.2) is 0 Å². The standard InChI is InChI=1S/C13H24O/c1-9(2)14-11-12(3,4)10-6-7-13(11,5)8-10/h9-11H,6-8H2,1-5H3/t10-,11-,13+/m0/s1. The van der Waals surface area contributed by atoms with E-state index < -0.39 is 0 Å². The van der Waals surface area contributed by atoms with E-state index >= 15 is 0 Å². The van der Waals surface area contributed by atoms with Crippen molar-refractivity contribution >= 4 is 0 Å². The summed E-state index contributed by atoms with van der Waals surface area (Å²) in [4.78, 5) is 0. The van der Waals surface area contributed by atoms with Gasteiger partial charge in [-0.3, -0.25) is 0 Å². The van der Waals surface area contributed by atoms with Gasteiger partial charge >= 0.3 is 0 Å². The minimum absolute atomic E-state index is 0.371. The molecule has 82 valence electrons. The third-order valence-corrected chi connectivity index (χ3v) is 4.55. The molecule has 1 nitrogen and oxygen atoms in total. The van der Waals surface area contributed by atoms with Crippen LogP contribution >= 0.6 is 0 Å². The zero-order valence-electron chi connectivity index (χ0n) is 10.3. The first-order chi connectivity index (χ1) is 6.36. The van der Waals surface area contributed by atoms with Crippen molar-refractivity contribution in [3.8, 4) is 0 Å². The molecular formula is C13H24O. The van der Waals surface area contributed by atoms with Crippen LogP contribution in [0, 0.1) is 16.7 Å². The van der Waals surface area contributed by atoms with Gasteiger partial charge in [0.1, 0.15) is 0 Å². The smallest absolute Gasteiger partial charge is 0.0685 e. The number of hydrogen-bond donors (Lipinski definition) is 0. The Bertz CT molecular complexity index is 227. The fourth-order valence-electron chi connectivity index (χ4n) is 3.87. The van der Waals surface area contributed by atoms with E-state index in [2.05, 4.69) is 34.6 Å². The van der Waals surface area contributed by atoms with Crippen molar-refractivity contribution < 1.29 is 4.74 Å². The Morgan fingerprint density at radius 2 is 1.86 bits per heavy atom. The maximum absolute atomic E-state index is 6.16. The van der Waals surface area contributed by atoms with Gasteiger partial charge < -0.3 is 4.74 Å². The molecule has 2 bridgehead atoms. The fourth-order valence-corrected chi connectivity index (χ4v) is 3.87. The predicted molar refractivity (Wildman–Crippen MR) is 59.2 cm³/mol. The van der Waals surface area contributed by atoms with E-state index in [4.69, 9.17) is 4.74 Å². The Kier molecular flexibility index (Phi) is 2.23. The van der Waals surface area contributed by atoms with Crippen LogP contribution in [-0.2, 0) is 4.74 Å². The second-order valence-corrected chi connectivity index (χ2v) is 6.48. The van der Waals surface area contributed by atoms with E-state index in [1.807, 2.05) is 0 Å². The average molecular weight is 196 g/mol. The minimum Gasteiger partial charge on any atom is -0.374 e. The molecule has 2 fully saturated rings. The predicted octanol–water partition coefficient (Wildman–Crippen LogP) is 3.63. The van der Waals surface area contributed by atoms with Gasteiger partial charge in [0.2, 0.25) is 0 Å². The molecule has 0 aliphatic heterocycles. The summed E-state index contributed by atoms with van der Waals surface area (Å²) < 4.78 is 6.16. The van der Waals surface area contributed by atoms with E-state index in [9.17, 15) is 0 Å². The number of hydrogen-bond acceptors (Lipinski definition) is 1. The van der Waals surface area contributed by atoms with Crippen molar-refractivity contribution in [2.45, 2.75) is 66.1 Å². The molecule has 2 aliphatic rings. The largest absolute Gasteiger partial charge is 0.374 e. The Morgan fingerprint density at radius 3 is 2.29 bits per heavy atom. The molecule has 0 aromatic carbocycles. The summed E-state index contributed by atoms with van der Waals surface area (Å²) in [6, 6.07) is 0. The third kappa shape index (κ3) is 1.32. The summed E-state index contributed by atoms with van der Waals surface area (Å²) in [6.07, 6.45) is 5.03. The molecule has 0 amide bonds. The summed E-state index contributed by atoms with van der Waals surface area (Å²) in [5.74, 6) is 0.899. The first-order valence-corrected chi connectivity index (χ1v) is 6.02. The van der Waals surface area contributed by atoms with Gasteiger partial charge in [0.15, 0.2) is 0 Å². The lowest BCUT2D eigenvalue weighted by atomic mass is 9.70. The second-order valence-electron chi connectivity index (χ2n) is 6.48. The van der Waals surface area contributed by atoms with Gasteiger partial charge in [0.05, 0.1) is 12.2 Å². The molecule has 0 radical (unpaired) electrons. The van der Waals surface area contributed by atoms with Crippen LogP contribution in [0.5, 0.6) is 0 Å². The highest BCUT2D eigenvalue weighted by Crippen LogP contribution is 2.63. The first kappa shape index (κ1) is 10.5. The molecule has 3 atom stereocenters. The number of ether oxygens (including phenoxy) is 1. The SMILES string of the molecule is CC(C)O[C@H]1C(C)(C)[C@H]2CC[C@]1(C)C2. The highest BCUT2D eigenvalue weighted by atomic mass is 16.5. The molecule has 0 aromatic heterocycles. The van der Waals surface area contributed by atoms with Crippen molar-refractivity contribution in [1.29, 1.82) is 0 Å². The molecule has 0 unspecified atom stereocenters. The van der Waals surface area contributed by atoms with Gasteiger partial charge in [-0.15, -0.1) is 0 Å². The maximum atomic E-state index is 6.16. The summed E-state index contributed by atoms with van der Waals surface area (Å²) in [5.41, 5.74) is 0.871. The van der Waals surface area contributed by atoms with Gasteiger partial charge in [0.25, 0.3) is 0 Å². The first-order valence-electron chi connectivity index (χ1n) is 6.02. The lowest BCUT2D eigenvalue weighted by molar-refractivity contribution is -0.113. The number of fused-ring (bicyclic) bond motifs is 2. The third-order valence-electron chi connectivity index (χ3n) is 4.55. The molecule has 0 aromatic rings. The van der Waals surface area contributed by atoms with Crippen molar-refractivity contribution in [3.05, 3.63) is 0 Å². The molecule has 2 aliphatic carbocycles. The van der Waals surface area contributed by atoms with Gasteiger partial charge in [-0.2, -0.15) is 0 Å². The van der Waals surface area contributed by atoms with E-state index in [0.29, 0.717) is 23.0 Å². The van der Waals surface area contributed by atoms with E-state index in [0.717, 1.165) is 5.92 Å². The van der Waals surface area contributed by atoms with Crippen molar-refractivity contribution in [3.63, 3.8) is 0 Å². The molecule has 14 heavy (non-hydrogen) atoms. The van der Waals surface area contributed by atoms with Crippen LogP contribution in [-0.4, -0.2) is 12.2 Å². The topological polar surface area (TPSA) is 9.23 Å². The Labute approximate surface area is 88.2 Å². The van der Waals surface area contributed by atoms with Gasteiger partial charge in [0, 0.05) is 0 Å². The van der Waals surface area contributed by atoms with Crippen molar-refractivity contribution in [2.24, 2.45) is 16.7 Å². The van der Waals surface area contributed by atoms with Crippen molar-refractivity contribution in [2.75, 3.05) is 0 Å². The maximum Gasteiger partial charge on any atom is 0.0685 e.